The number of nitrogens with zero attached hydrogens (tertiary/aromatic N) is 2. The average Bonchev–Trinajstić information content (AvgIpc) is 2.37. The molecule has 0 aliphatic rings. The molecule has 1 atom stereocenters. The SMILES string of the molecule is Cc1ccc(C(=O)NC(C)c2ncc(Cl)cc2Cl)c(Cl)n1. The summed E-state index contributed by atoms with van der Waals surface area (Å²) in [4.78, 5) is 20.4. The van der Waals surface area contributed by atoms with E-state index in [1.54, 1.807) is 32.0 Å². The summed E-state index contributed by atoms with van der Waals surface area (Å²) in [6.07, 6.45) is 1.48. The summed E-state index contributed by atoms with van der Waals surface area (Å²) in [6, 6.07) is 4.54. The number of rotatable bonds is 3. The monoisotopic (exact) mass is 343 g/mol. The van der Waals surface area contributed by atoms with Crippen LogP contribution in [0.2, 0.25) is 15.2 Å². The first-order valence-electron chi connectivity index (χ1n) is 6.13. The molecule has 1 amide bonds. The van der Waals surface area contributed by atoms with Crippen LogP contribution in [0.5, 0.6) is 0 Å². The third kappa shape index (κ3) is 3.84. The molecule has 2 aromatic rings. The molecule has 1 unspecified atom stereocenters. The van der Waals surface area contributed by atoms with Crippen molar-refractivity contribution in [1.82, 2.24) is 15.3 Å². The Balaban J connectivity index is 2.18. The van der Waals surface area contributed by atoms with Gasteiger partial charge in [0.05, 0.1) is 27.3 Å². The summed E-state index contributed by atoms with van der Waals surface area (Å²) >= 11 is 17.8. The van der Waals surface area contributed by atoms with Crippen LogP contribution in [0.4, 0.5) is 0 Å². The molecule has 2 heterocycles. The van der Waals surface area contributed by atoms with Crippen LogP contribution in [0.3, 0.4) is 0 Å². The van der Waals surface area contributed by atoms with Crippen molar-refractivity contribution in [1.29, 1.82) is 0 Å². The quantitative estimate of drug-likeness (QED) is 0.847. The molecule has 0 fully saturated rings. The molecule has 0 aromatic carbocycles. The summed E-state index contributed by atoms with van der Waals surface area (Å²) in [5.74, 6) is -0.340. The average molecular weight is 345 g/mol. The number of aromatic nitrogens is 2. The Kier molecular flexibility index (Phi) is 5.04. The molecule has 0 radical (unpaired) electrons. The van der Waals surface area contributed by atoms with Crippen LogP contribution < -0.4 is 5.32 Å². The van der Waals surface area contributed by atoms with Gasteiger partial charge in [-0.15, -0.1) is 0 Å². The van der Waals surface area contributed by atoms with E-state index in [1.807, 2.05) is 0 Å². The molecule has 1 N–H and O–H groups in total. The Bertz CT molecular complexity index is 691. The van der Waals surface area contributed by atoms with Gasteiger partial charge in [0.1, 0.15) is 5.15 Å². The highest BCUT2D eigenvalue weighted by Crippen LogP contribution is 2.24. The molecule has 4 nitrogen and oxygen atoms in total. The maximum Gasteiger partial charge on any atom is 0.254 e. The van der Waals surface area contributed by atoms with Gasteiger partial charge in [-0.25, -0.2) is 4.98 Å². The summed E-state index contributed by atoms with van der Waals surface area (Å²) < 4.78 is 0. The second-order valence-electron chi connectivity index (χ2n) is 4.51. The first-order chi connectivity index (χ1) is 9.88. The lowest BCUT2D eigenvalue weighted by molar-refractivity contribution is 0.0939. The van der Waals surface area contributed by atoms with Gasteiger partial charge in [-0.3, -0.25) is 9.78 Å². The minimum Gasteiger partial charge on any atom is -0.344 e. The van der Waals surface area contributed by atoms with E-state index in [2.05, 4.69) is 15.3 Å². The number of nitrogens with one attached hydrogen (secondary N) is 1. The smallest absolute Gasteiger partial charge is 0.254 e. The standard InChI is InChI=1S/C14H12Cl3N3O/c1-7-3-4-10(13(17)19-7)14(21)20-8(2)12-11(16)5-9(15)6-18-12/h3-6,8H,1-2H3,(H,20,21). The van der Waals surface area contributed by atoms with E-state index >= 15 is 0 Å². The van der Waals surface area contributed by atoms with Gasteiger partial charge in [-0.05, 0) is 32.0 Å². The minimum atomic E-state index is -0.389. The molecule has 21 heavy (non-hydrogen) atoms. The van der Waals surface area contributed by atoms with Gasteiger partial charge in [0, 0.05) is 11.9 Å². The lowest BCUT2D eigenvalue weighted by Gasteiger charge is -2.15. The van der Waals surface area contributed by atoms with Crippen LogP contribution >= 0.6 is 34.8 Å². The molecule has 7 heteroatoms. The number of amides is 1. The number of hydrogen-bond acceptors (Lipinski definition) is 3. The second-order valence-corrected chi connectivity index (χ2v) is 5.71. The number of carbonyl (C=O) groups excluding carboxylic acids is 1. The van der Waals surface area contributed by atoms with Crippen molar-refractivity contribution >= 4 is 40.7 Å². The Labute approximate surface area is 137 Å². The predicted octanol–water partition coefficient (Wildman–Crippen LogP) is 4.24. The van der Waals surface area contributed by atoms with Crippen molar-refractivity contribution in [3.63, 3.8) is 0 Å². The van der Waals surface area contributed by atoms with Gasteiger partial charge in [0.15, 0.2) is 0 Å². The predicted molar refractivity (Wildman–Crippen MR) is 84.1 cm³/mol. The molecule has 0 aliphatic carbocycles. The Morgan fingerprint density at radius 3 is 2.62 bits per heavy atom. The van der Waals surface area contributed by atoms with Crippen molar-refractivity contribution in [3.8, 4) is 0 Å². The van der Waals surface area contributed by atoms with Gasteiger partial charge in [0.25, 0.3) is 5.91 Å². The largest absolute Gasteiger partial charge is 0.344 e. The molecular weight excluding hydrogens is 333 g/mol. The van der Waals surface area contributed by atoms with Crippen molar-refractivity contribution in [3.05, 3.63) is 56.5 Å². The van der Waals surface area contributed by atoms with Gasteiger partial charge in [0.2, 0.25) is 0 Å². The molecule has 0 saturated heterocycles. The van der Waals surface area contributed by atoms with Crippen LogP contribution in [0, 0.1) is 6.92 Å². The molecule has 0 saturated carbocycles. The van der Waals surface area contributed by atoms with Gasteiger partial charge in [-0.1, -0.05) is 34.8 Å². The first-order valence-corrected chi connectivity index (χ1v) is 7.27. The molecule has 0 bridgehead atoms. The van der Waals surface area contributed by atoms with Crippen molar-refractivity contribution < 1.29 is 4.79 Å². The molecule has 0 aliphatic heterocycles. The van der Waals surface area contributed by atoms with E-state index in [1.165, 1.54) is 6.20 Å². The highest BCUT2D eigenvalue weighted by Gasteiger charge is 2.18. The van der Waals surface area contributed by atoms with Crippen LogP contribution in [0.1, 0.15) is 34.7 Å². The fourth-order valence-corrected chi connectivity index (χ4v) is 2.61. The first kappa shape index (κ1) is 16.0. The fraction of sp³-hybridized carbons (Fsp3) is 0.214. The summed E-state index contributed by atoms with van der Waals surface area (Å²) in [6.45, 7) is 3.57. The van der Waals surface area contributed by atoms with Crippen LogP contribution in [-0.4, -0.2) is 15.9 Å². The zero-order valence-electron chi connectivity index (χ0n) is 11.3. The number of carbonyl (C=O) groups is 1. The summed E-state index contributed by atoms with van der Waals surface area (Å²) in [7, 11) is 0. The van der Waals surface area contributed by atoms with Crippen LogP contribution in [0.15, 0.2) is 24.4 Å². The van der Waals surface area contributed by atoms with Crippen molar-refractivity contribution in [2.75, 3.05) is 0 Å². The topological polar surface area (TPSA) is 54.9 Å². The van der Waals surface area contributed by atoms with Gasteiger partial charge < -0.3 is 5.32 Å². The normalized spacial score (nSPS) is 12.0. The van der Waals surface area contributed by atoms with E-state index in [-0.39, 0.29) is 17.1 Å². The van der Waals surface area contributed by atoms with Crippen molar-refractivity contribution in [2.24, 2.45) is 0 Å². The number of hydrogen-bond donors (Lipinski definition) is 1. The number of pyridine rings is 2. The summed E-state index contributed by atoms with van der Waals surface area (Å²) in [5.41, 5.74) is 1.58. The molecule has 0 spiro atoms. The van der Waals surface area contributed by atoms with Gasteiger partial charge >= 0.3 is 0 Å². The minimum absolute atomic E-state index is 0.162. The van der Waals surface area contributed by atoms with E-state index in [9.17, 15) is 4.79 Å². The second kappa shape index (κ2) is 6.60. The molecule has 2 aromatic heterocycles. The highest BCUT2D eigenvalue weighted by molar-refractivity contribution is 6.35. The Morgan fingerprint density at radius 2 is 2.00 bits per heavy atom. The third-order valence-corrected chi connectivity index (χ3v) is 3.62. The lowest BCUT2D eigenvalue weighted by Crippen LogP contribution is -2.28. The zero-order chi connectivity index (χ0) is 15.6. The highest BCUT2D eigenvalue weighted by atomic mass is 35.5. The van der Waals surface area contributed by atoms with Crippen LogP contribution in [0.25, 0.3) is 0 Å². The number of halogens is 3. The summed E-state index contributed by atoms with van der Waals surface area (Å²) in [5, 5.41) is 3.77. The van der Waals surface area contributed by atoms with E-state index in [0.717, 1.165) is 5.69 Å². The maximum atomic E-state index is 12.2. The Hall–Kier alpha value is -1.36. The maximum absolute atomic E-state index is 12.2. The van der Waals surface area contributed by atoms with Gasteiger partial charge in [-0.2, -0.15) is 0 Å². The zero-order valence-corrected chi connectivity index (χ0v) is 13.6. The fourth-order valence-electron chi connectivity index (χ4n) is 1.78. The van der Waals surface area contributed by atoms with E-state index < -0.39 is 0 Å². The molecular formula is C14H12Cl3N3O. The van der Waals surface area contributed by atoms with Crippen molar-refractivity contribution in [2.45, 2.75) is 19.9 Å². The van der Waals surface area contributed by atoms with Crippen LogP contribution in [-0.2, 0) is 0 Å². The molecule has 2 rings (SSSR count). The lowest BCUT2D eigenvalue weighted by atomic mass is 10.2. The molecule has 110 valence electrons. The van der Waals surface area contributed by atoms with E-state index in [0.29, 0.717) is 21.3 Å². The van der Waals surface area contributed by atoms with E-state index in [4.69, 9.17) is 34.8 Å². The number of aryl methyl sites for hydroxylation is 1. The Morgan fingerprint density at radius 1 is 1.29 bits per heavy atom. The third-order valence-electron chi connectivity index (χ3n) is 2.83.